The third-order valence-corrected chi connectivity index (χ3v) is 5.91. The number of ether oxygens (including phenoxy) is 1. The lowest BCUT2D eigenvalue weighted by Crippen LogP contribution is -2.17. The average Bonchev–Trinajstić information content (AvgIpc) is 3.26. The molecule has 0 unspecified atom stereocenters. The lowest BCUT2D eigenvalue weighted by Gasteiger charge is -2.15. The van der Waals surface area contributed by atoms with Crippen LogP contribution >= 0.6 is 11.8 Å². The number of rotatable bonds is 4. The molecule has 5 nitrogen and oxygen atoms in total. The lowest BCUT2D eigenvalue weighted by molar-refractivity contribution is 0.102. The van der Waals surface area contributed by atoms with Crippen LogP contribution < -0.4 is 10.1 Å². The van der Waals surface area contributed by atoms with E-state index < -0.39 is 0 Å². The first-order valence-corrected chi connectivity index (χ1v) is 9.95. The van der Waals surface area contributed by atoms with E-state index >= 15 is 0 Å². The van der Waals surface area contributed by atoms with Crippen LogP contribution in [0, 0.1) is 13.8 Å². The maximum atomic E-state index is 13.0. The molecule has 0 bridgehead atoms. The van der Waals surface area contributed by atoms with Gasteiger partial charge in [0.15, 0.2) is 0 Å². The smallest absolute Gasteiger partial charge is 0.260 e. The van der Waals surface area contributed by atoms with E-state index in [-0.39, 0.29) is 5.91 Å². The van der Waals surface area contributed by atoms with Gasteiger partial charge in [0.05, 0.1) is 24.1 Å². The van der Waals surface area contributed by atoms with E-state index in [1.165, 1.54) is 5.56 Å². The van der Waals surface area contributed by atoms with Crippen LogP contribution in [-0.2, 0) is 11.5 Å². The number of thioether (sulfide) groups is 1. The van der Waals surface area contributed by atoms with Gasteiger partial charge in [-0.05, 0) is 43.2 Å². The van der Waals surface area contributed by atoms with Crippen molar-refractivity contribution >= 4 is 23.5 Å². The number of aryl methyl sites for hydroxylation is 1. The van der Waals surface area contributed by atoms with Crippen LogP contribution in [0.1, 0.15) is 32.7 Å². The van der Waals surface area contributed by atoms with Crippen molar-refractivity contribution in [1.29, 1.82) is 0 Å². The van der Waals surface area contributed by atoms with Crippen LogP contribution in [0.2, 0.25) is 0 Å². The van der Waals surface area contributed by atoms with E-state index in [4.69, 9.17) is 9.84 Å². The van der Waals surface area contributed by atoms with Crippen molar-refractivity contribution in [2.75, 3.05) is 12.4 Å². The zero-order valence-electron chi connectivity index (χ0n) is 15.6. The Labute approximate surface area is 162 Å². The van der Waals surface area contributed by atoms with Gasteiger partial charge in [0.25, 0.3) is 5.91 Å². The number of carbonyl (C=O) groups is 1. The maximum Gasteiger partial charge on any atom is 0.260 e. The Kier molecular flexibility index (Phi) is 4.66. The fraction of sp³-hybridized carbons (Fsp3) is 0.238. The number of nitrogens with one attached hydrogen (secondary N) is 1. The van der Waals surface area contributed by atoms with Gasteiger partial charge in [0, 0.05) is 17.1 Å². The molecule has 2 heterocycles. The highest BCUT2D eigenvalue weighted by molar-refractivity contribution is 7.98. The number of aromatic nitrogens is 2. The van der Waals surface area contributed by atoms with Crippen molar-refractivity contribution in [1.82, 2.24) is 9.78 Å². The largest absolute Gasteiger partial charge is 0.496 e. The first kappa shape index (κ1) is 17.7. The van der Waals surface area contributed by atoms with Crippen LogP contribution in [-0.4, -0.2) is 22.8 Å². The molecule has 0 atom stereocenters. The van der Waals surface area contributed by atoms with Crippen LogP contribution in [0.3, 0.4) is 0 Å². The highest BCUT2D eigenvalue weighted by Crippen LogP contribution is 2.37. The summed E-state index contributed by atoms with van der Waals surface area (Å²) in [4.78, 5) is 13.0. The zero-order valence-corrected chi connectivity index (χ0v) is 16.4. The van der Waals surface area contributed by atoms with E-state index in [2.05, 4.69) is 25.2 Å². The summed E-state index contributed by atoms with van der Waals surface area (Å²) in [6, 6.07) is 13.4. The van der Waals surface area contributed by atoms with Crippen LogP contribution in [0.5, 0.6) is 5.75 Å². The molecule has 1 amide bonds. The topological polar surface area (TPSA) is 56.1 Å². The highest BCUT2D eigenvalue weighted by Gasteiger charge is 2.26. The molecule has 2 aromatic carbocycles. The molecule has 1 N–H and O–H groups in total. The molecule has 0 fully saturated rings. The number of methoxy groups -OCH3 is 1. The molecule has 1 aliphatic heterocycles. The Hall–Kier alpha value is -2.73. The average molecular weight is 379 g/mol. The number of benzene rings is 2. The predicted molar refractivity (Wildman–Crippen MR) is 109 cm³/mol. The quantitative estimate of drug-likeness (QED) is 0.725. The molecule has 0 radical (unpaired) electrons. The number of amides is 1. The minimum Gasteiger partial charge on any atom is -0.496 e. The van der Waals surface area contributed by atoms with Crippen LogP contribution in [0.4, 0.5) is 5.82 Å². The molecule has 6 heteroatoms. The van der Waals surface area contributed by atoms with Gasteiger partial charge in [0.2, 0.25) is 0 Å². The van der Waals surface area contributed by atoms with Gasteiger partial charge in [-0.2, -0.15) is 16.9 Å². The molecular formula is C21H21N3O2S. The summed E-state index contributed by atoms with van der Waals surface area (Å²) in [7, 11) is 1.57. The second kappa shape index (κ2) is 7.12. The van der Waals surface area contributed by atoms with E-state index in [0.29, 0.717) is 11.3 Å². The monoisotopic (exact) mass is 379 g/mol. The van der Waals surface area contributed by atoms with Crippen molar-refractivity contribution in [3.63, 3.8) is 0 Å². The van der Waals surface area contributed by atoms with E-state index in [1.807, 2.05) is 40.7 Å². The lowest BCUT2D eigenvalue weighted by atomic mass is 10.1. The molecule has 3 aromatic rings. The molecule has 27 heavy (non-hydrogen) atoms. The summed E-state index contributed by atoms with van der Waals surface area (Å²) < 4.78 is 7.22. The Morgan fingerprint density at radius 3 is 2.78 bits per heavy atom. The Morgan fingerprint density at radius 2 is 1.96 bits per heavy atom. The second-order valence-electron chi connectivity index (χ2n) is 6.55. The zero-order chi connectivity index (χ0) is 19.0. The third-order valence-electron chi connectivity index (χ3n) is 4.94. The fourth-order valence-corrected chi connectivity index (χ4v) is 4.32. The molecule has 1 aliphatic rings. The van der Waals surface area contributed by atoms with Gasteiger partial charge in [-0.1, -0.05) is 24.3 Å². The summed E-state index contributed by atoms with van der Waals surface area (Å²) in [6.45, 7) is 4.16. The van der Waals surface area contributed by atoms with E-state index in [1.54, 1.807) is 19.2 Å². The van der Waals surface area contributed by atoms with Gasteiger partial charge in [-0.3, -0.25) is 4.79 Å². The van der Waals surface area contributed by atoms with Crippen molar-refractivity contribution < 1.29 is 9.53 Å². The highest BCUT2D eigenvalue weighted by atomic mass is 32.2. The van der Waals surface area contributed by atoms with Crippen molar-refractivity contribution in [3.05, 3.63) is 70.4 Å². The molecular weight excluding hydrogens is 358 g/mol. The number of hydrogen-bond donors (Lipinski definition) is 1. The van der Waals surface area contributed by atoms with Crippen LogP contribution in [0.25, 0.3) is 5.69 Å². The molecule has 138 valence electrons. The Balaban J connectivity index is 1.79. The predicted octanol–water partition coefficient (Wildman–Crippen LogP) is 4.50. The minimum absolute atomic E-state index is 0.196. The Bertz CT molecular complexity index is 1030. The molecule has 0 saturated carbocycles. The van der Waals surface area contributed by atoms with Gasteiger partial charge in [0.1, 0.15) is 11.6 Å². The molecule has 0 aliphatic carbocycles. The first-order chi connectivity index (χ1) is 13.1. The minimum atomic E-state index is -0.196. The number of hydrogen-bond acceptors (Lipinski definition) is 4. The number of anilines is 1. The van der Waals surface area contributed by atoms with Crippen molar-refractivity contribution in [2.45, 2.75) is 25.4 Å². The van der Waals surface area contributed by atoms with Gasteiger partial charge >= 0.3 is 0 Å². The normalized spacial score (nSPS) is 12.7. The van der Waals surface area contributed by atoms with Crippen LogP contribution in [0.15, 0.2) is 42.5 Å². The molecule has 1 aromatic heterocycles. The Morgan fingerprint density at radius 1 is 1.15 bits per heavy atom. The van der Waals surface area contributed by atoms with Gasteiger partial charge < -0.3 is 10.1 Å². The van der Waals surface area contributed by atoms with Gasteiger partial charge in [-0.15, -0.1) is 0 Å². The first-order valence-electron chi connectivity index (χ1n) is 8.79. The standard InChI is InChI=1S/C21H21N3O2S/c1-13-7-6-9-18(14(13)2)24-20(16-11-27-12-17(16)23-24)22-21(25)15-8-4-5-10-19(15)26-3/h4-10H,11-12H2,1-3H3,(H,22,25). The molecule has 4 rings (SSSR count). The third kappa shape index (κ3) is 3.10. The van der Waals surface area contributed by atoms with Crippen molar-refractivity contribution in [2.24, 2.45) is 0 Å². The van der Waals surface area contributed by atoms with Gasteiger partial charge in [-0.25, -0.2) is 4.68 Å². The van der Waals surface area contributed by atoms with Crippen molar-refractivity contribution in [3.8, 4) is 11.4 Å². The summed E-state index contributed by atoms with van der Waals surface area (Å²) >= 11 is 1.81. The van der Waals surface area contributed by atoms with E-state index in [0.717, 1.165) is 39.8 Å². The fourth-order valence-electron chi connectivity index (χ4n) is 3.29. The summed E-state index contributed by atoms with van der Waals surface area (Å²) in [5, 5.41) is 7.90. The second-order valence-corrected chi connectivity index (χ2v) is 7.54. The SMILES string of the molecule is COc1ccccc1C(=O)Nc1c2c(nn1-c1cccc(C)c1C)CSC2. The van der Waals surface area contributed by atoms with E-state index in [9.17, 15) is 4.79 Å². The number of carbonyl (C=O) groups excluding carboxylic acids is 1. The summed E-state index contributed by atoms with van der Waals surface area (Å²) in [6.07, 6.45) is 0. The molecule has 0 spiro atoms. The number of nitrogens with zero attached hydrogens (tertiary/aromatic N) is 2. The number of fused-ring (bicyclic) bond motifs is 1. The summed E-state index contributed by atoms with van der Waals surface area (Å²) in [5.74, 6) is 2.82. The summed E-state index contributed by atoms with van der Waals surface area (Å²) in [5.41, 5.74) is 5.98. The molecule has 0 saturated heterocycles. The number of para-hydroxylation sites is 1. The maximum absolute atomic E-state index is 13.0.